The van der Waals surface area contributed by atoms with Gasteiger partial charge in [0.25, 0.3) is 10.1 Å². The summed E-state index contributed by atoms with van der Waals surface area (Å²) in [7, 11) is -4.03. The number of rotatable bonds is 5. The average molecular weight is 320 g/mol. The van der Waals surface area contributed by atoms with Gasteiger partial charge in [-0.05, 0) is 25.5 Å². The minimum absolute atomic E-state index is 0.0278. The third-order valence-corrected chi connectivity index (χ3v) is 3.60. The number of carbonyl (C=O) groups excluding carboxylic acids is 1. The van der Waals surface area contributed by atoms with E-state index in [0.717, 1.165) is 5.75 Å². The summed E-state index contributed by atoms with van der Waals surface area (Å²) in [6.45, 7) is 4.07. The highest BCUT2D eigenvalue weighted by Gasteiger charge is 2.10. The fourth-order valence-electron chi connectivity index (χ4n) is 1.23. The number of nitrogens with one attached hydrogen (secondary N) is 1. The third kappa shape index (κ3) is 7.49. The van der Waals surface area contributed by atoms with Gasteiger partial charge in [-0.25, -0.2) is 0 Å². The molecular weight excluding hydrogens is 300 g/mol. The van der Waals surface area contributed by atoms with E-state index < -0.39 is 10.1 Å². The van der Waals surface area contributed by atoms with Crippen molar-refractivity contribution in [2.24, 2.45) is 5.73 Å². The van der Waals surface area contributed by atoms with E-state index in [-0.39, 0.29) is 16.8 Å². The SMILES string of the molecule is CC(NCCS)C(N)=O.Cc1ccccc1S(=O)(=O)O. The van der Waals surface area contributed by atoms with Crippen LogP contribution in [0.15, 0.2) is 29.2 Å². The zero-order valence-electron chi connectivity index (χ0n) is 11.4. The van der Waals surface area contributed by atoms with Gasteiger partial charge in [-0.2, -0.15) is 21.0 Å². The molecule has 0 aromatic heterocycles. The van der Waals surface area contributed by atoms with Crippen molar-refractivity contribution in [3.8, 4) is 0 Å². The molecule has 0 aliphatic carbocycles. The predicted octanol–water partition coefficient (Wildman–Crippen LogP) is 0.621. The molecule has 0 saturated heterocycles. The molecule has 1 aromatic carbocycles. The first-order chi connectivity index (χ1) is 9.20. The zero-order valence-corrected chi connectivity index (χ0v) is 13.1. The Morgan fingerprint density at radius 3 is 2.35 bits per heavy atom. The maximum absolute atomic E-state index is 10.6. The van der Waals surface area contributed by atoms with Gasteiger partial charge in [0.15, 0.2) is 0 Å². The lowest BCUT2D eigenvalue weighted by Crippen LogP contribution is -2.39. The van der Waals surface area contributed by atoms with Crippen molar-refractivity contribution in [3.05, 3.63) is 29.8 Å². The molecule has 1 unspecified atom stereocenters. The standard InChI is InChI=1S/C7H8O3S.C5H12N2OS/c1-6-4-2-3-5-7(6)11(8,9)10;1-4(5(6)8)7-2-3-9/h2-5H,1H3,(H,8,9,10);4,7,9H,2-3H2,1H3,(H2,6,8). The van der Waals surface area contributed by atoms with Crippen LogP contribution in [-0.4, -0.2) is 37.2 Å². The van der Waals surface area contributed by atoms with Crippen molar-refractivity contribution in [1.29, 1.82) is 0 Å². The third-order valence-electron chi connectivity index (χ3n) is 2.36. The molecule has 6 nitrogen and oxygen atoms in total. The monoisotopic (exact) mass is 320 g/mol. The quantitative estimate of drug-likeness (QED) is 0.470. The highest BCUT2D eigenvalue weighted by Crippen LogP contribution is 2.12. The van der Waals surface area contributed by atoms with Gasteiger partial charge in [-0.3, -0.25) is 9.35 Å². The summed E-state index contributed by atoms with van der Waals surface area (Å²) in [6.07, 6.45) is 0. The normalized spacial score (nSPS) is 12.2. The number of carbonyl (C=O) groups is 1. The summed E-state index contributed by atoms with van der Waals surface area (Å²) in [6, 6.07) is 6.03. The van der Waals surface area contributed by atoms with Gasteiger partial charge in [0.05, 0.1) is 10.9 Å². The number of aryl methyl sites for hydroxylation is 1. The van der Waals surface area contributed by atoms with Crippen molar-refractivity contribution in [2.75, 3.05) is 12.3 Å². The Kier molecular flexibility index (Phi) is 8.47. The molecule has 0 heterocycles. The smallest absolute Gasteiger partial charge is 0.294 e. The Morgan fingerprint density at radius 1 is 1.45 bits per heavy atom. The molecule has 0 aliphatic heterocycles. The van der Waals surface area contributed by atoms with Crippen LogP contribution in [0.2, 0.25) is 0 Å². The first-order valence-corrected chi connectivity index (χ1v) is 7.94. The van der Waals surface area contributed by atoms with E-state index in [2.05, 4.69) is 17.9 Å². The summed E-state index contributed by atoms with van der Waals surface area (Å²) in [5, 5.41) is 2.88. The van der Waals surface area contributed by atoms with Crippen LogP contribution in [-0.2, 0) is 14.9 Å². The Hall–Kier alpha value is -1.09. The molecule has 1 aromatic rings. The molecular formula is C12H20N2O4S2. The van der Waals surface area contributed by atoms with Crippen molar-refractivity contribution >= 4 is 28.7 Å². The second kappa shape index (κ2) is 8.96. The van der Waals surface area contributed by atoms with E-state index in [1.54, 1.807) is 32.0 Å². The van der Waals surface area contributed by atoms with Crippen LogP contribution >= 0.6 is 12.6 Å². The maximum Gasteiger partial charge on any atom is 0.294 e. The van der Waals surface area contributed by atoms with Crippen LogP contribution in [0, 0.1) is 6.92 Å². The van der Waals surface area contributed by atoms with Crippen molar-refractivity contribution in [1.82, 2.24) is 5.32 Å². The molecule has 4 N–H and O–H groups in total. The van der Waals surface area contributed by atoms with E-state index in [0.29, 0.717) is 12.1 Å². The molecule has 114 valence electrons. The second-order valence-electron chi connectivity index (χ2n) is 4.04. The molecule has 1 amide bonds. The summed E-state index contributed by atoms with van der Waals surface area (Å²) >= 11 is 3.95. The number of amides is 1. The molecule has 20 heavy (non-hydrogen) atoms. The van der Waals surface area contributed by atoms with Crippen LogP contribution < -0.4 is 11.1 Å². The van der Waals surface area contributed by atoms with Crippen molar-refractivity contribution in [3.63, 3.8) is 0 Å². The molecule has 1 atom stereocenters. The lowest BCUT2D eigenvalue weighted by atomic mass is 10.2. The Bertz CT molecular complexity index is 532. The van der Waals surface area contributed by atoms with Crippen molar-refractivity contribution < 1.29 is 17.8 Å². The van der Waals surface area contributed by atoms with Gasteiger partial charge in [-0.1, -0.05) is 18.2 Å². The van der Waals surface area contributed by atoms with E-state index >= 15 is 0 Å². The minimum atomic E-state index is -4.03. The van der Waals surface area contributed by atoms with E-state index in [1.165, 1.54) is 6.07 Å². The fraction of sp³-hybridized carbons (Fsp3) is 0.417. The van der Waals surface area contributed by atoms with Gasteiger partial charge in [0, 0.05) is 12.3 Å². The molecule has 0 saturated carbocycles. The van der Waals surface area contributed by atoms with Gasteiger partial charge in [-0.15, -0.1) is 0 Å². The molecule has 0 radical (unpaired) electrons. The first kappa shape index (κ1) is 18.9. The van der Waals surface area contributed by atoms with Gasteiger partial charge < -0.3 is 11.1 Å². The lowest BCUT2D eigenvalue weighted by molar-refractivity contribution is -0.119. The van der Waals surface area contributed by atoms with Crippen molar-refractivity contribution in [2.45, 2.75) is 24.8 Å². The predicted molar refractivity (Wildman–Crippen MR) is 81.5 cm³/mol. The summed E-state index contributed by atoms with van der Waals surface area (Å²) < 4.78 is 29.9. The summed E-state index contributed by atoms with van der Waals surface area (Å²) in [4.78, 5) is 10.3. The van der Waals surface area contributed by atoms with Crippen LogP contribution in [0.3, 0.4) is 0 Å². The Morgan fingerprint density at radius 2 is 2.00 bits per heavy atom. The highest BCUT2D eigenvalue weighted by atomic mass is 32.2. The van der Waals surface area contributed by atoms with E-state index in [9.17, 15) is 13.2 Å². The van der Waals surface area contributed by atoms with Crippen LogP contribution in [0.25, 0.3) is 0 Å². The van der Waals surface area contributed by atoms with Crippen LogP contribution in [0.4, 0.5) is 0 Å². The maximum atomic E-state index is 10.6. The molecule has 0 fully saturated rings. The minimum Gasteiger partial charge on any atom is -0.368 e. The number of primary amides is 1. The van der Waals surface area contributed by atoms with Crippen LogP contribution in [0.5, 0.6) is 0 Å². The van der Waals surface area contributed by atoms with E-state index in [4.69, 9.17) is 10.3 Å². The average Bonchev–Trinajstić information content (AvgIpc) is 2.35. The zero-order chi connectivity index (χ0) is 15.8. The first-order valence-electron chi connectivity index (χ1n) is 5.86. The number of benzene rings is 1. The van der Waals surface area contributed by atoms with Gasteiger partial charge in [0.2, 0.25) is 5.91 Å². The number of thiol groups is 1. The highest BCUT2D eigenvalue weighted by molar-refractivity contribution is 7.85. The largest absolute Gasteiger partial charge is 0.368 e. The Labute approximate surface area is 124 Å². The lowest BCUT2D eigenvalue weighted by Gasteiger charge is -2.06. The van der Waals surface area contributed by atoms with E-state index in [1.807, 2.05) is 0 Å². The van der Waals surface area contributed by atoms with Gasteiger partial charge in [0.1, 0.15) is 0 Å². The van der Waals surface area contributed by atoms with Gasteiger partial charge >= 0.3 is 0 Å². The number of hydrogen-bond donors (Lipinski definition) is 4. The molecule has 1 rings (SSSR count). The molecule has 0 aliphatic rings. The molecule has 0 bridgehead atoms. The molecule has 0 spiro atoms. The fourth-order valence-corrected chi connectivity index (χ4v) is 2.08. The molecule has 8 heteroatoms. The number of nitrogens with two attached hydrogens (primary N) is 1. The summed E-state index contributed by atoms with van der Waals surface area (Å²) in [5.74, 6) is 0.397. The topological polar surface area (TPSA) is 109 Å². The Balaban J connectivity index is 0.000000370. The second-order valence-corrected chi connectivity index (χ2v) is 5.88. The van der Waals surface area contributed by atoms with Crippen LogP contribution in [0.1, 0.15) is 12.5 Å². The summed E-state index contributed by atoms with van der Waals surface area (Å²) in [5.41, 5.74) is 5.50. The number of hydrogen-bond acceptors (Lipinski definition) is 5.